The normalized spacial score (nSPS) is 11.4. The molecular weight excluding hydrogens is 225 g/mol. The molecule has 0 bridgehead atoms. The summed E-state index contributed by atoms with van der Waals surface area (Å²) < 4.78 is 18.1. The second kappa shape index (κ2) is 4.10. The lowest BCUT2D eigenvalue weighted by Crippen LogP contribution is -1.96. The van der Waals surface area contributed by atoms with E-state index in [1.165, 1.54) is 30.3 Å². The van der Waals surface area contributed by atoms with Gasteiger partial charge in [0.15, 0.2) is 0 Å². The van der Waals surface area contributed by atoms with E-state index in [0.717, 1.165) is 6.08 Å². The van der Waals surface area contributed by atoms with Crippen molar-refractivity contribution in [3.8, 4) is 6.07 Å². The lowest BCUT2D eigenvalue weighted by molar-refractivity contribution is -0.132. The molecule has 1 heterocycles. The van der Waals surface area contributed by atoms with Crippen LogP contribution in [0.5, 0.6) is 0 Å². The molecule has 2 rings (SSSR count). The Balaban J connectivity index is 2.51. The standard InChI is InChI=1S/C12H6FNO3/c13-9-1-2-11-7(3-9)4-10(17-11)5-8(6-14)12(15)16/h1-5H,(H,15,16)/b8-5-. The van der Waals surface area contributed by atoms with Crippen LogP contribution in [-0.4, -0.2) is 11.1 Å². The van der Waals surface area contributed by atoms with Gasteiger partial charge in [-0.15, -0.1) is 0 Å². The lowest BCUT2D eigenvalue weighted by atomic mass is 10.2. The number of carbonyl (C=O) groups is 1. The van der Waals surface area contributed by atoms with Gasteiger partial charge in [0, 0.05) is 11.5 Å². The summed E-state index contributed by atoms with van der Waals surface area (Å²) in [4.78, 5) is 10.6. The summed E-state index contributed by atoms with van der Waals surface area (Å²) in [5.74, 6) is -1.55. The smallest absolute Gasteiger partial charge is 0.346 e. The summed E-state index contributed by atoms with van der Waals surface area (Å²) in [7, 11) is 0. The molecule has 0 saturated heterocycles. The van der Waals surface area contributed by atoms with Crippen LogP contribution in [0.15, 0.2) is 34.3 Å². The topological polar surface area (TPSA) is 74.2 Å². The average molecular weight is 231 g/mol. The number of nitriles is 1. The fourth-order valence-electron chi connectivity index (χ4n) is 1.39. The van der Waals surface area contributed by atoms with Gasteiger partial charge in [0.05, 0.1) is 0 Å². The zero-order valence-corrected chi connectivity index (χ0v) is 8.48. The molecule has 0 amide bonds. The molecule has 0 fully saturated rings. The van der Waals surface area contributed by atoms with Crippen LogP contribution in [0.4, 0.5) is 4.39 Å². The highest BCUT2D eigenvalue weighted by molar-refractivity contribution is 5.96. The van der Waals surface area contributed by atoms with Gasteiger partial charge in [-0.2, -0.15) is 5.26 Å². The molecule has 2 aromatic rings. The van der Waals surface area contributed by atoms with Crippen molar-refractivity contribution in [3.63, 3.8) is 0 Å². The monoisotopic (exact) mass is 231 g/mol. The molecule has 0 saturated carbocycles. The molecule has 0 atom stereocenters. The van der Waals surface area contributed by atoms with Crippen LogP contribution in [0.25, 0.3) is 17.0 Å². The summed E-state index contributed by atoms with van der Waals surface area (Å²) in [6.45, 7) is 0. The number of carboxylic acid groups (broad SMARTS) is 1. The van der Waals surface area contributed by atoms with Crippen molar-refractivity contribution < 1.29 is 18.7 Å². The maximum atomic E-state index is 12.9. The molecule has 0 spiro atoms. The molecule has 0 aliphatic carbocycles. The van der Waals surface area contributed by atoms with Crippen molar-refractivity contribution in [2.75, 3.05) is 0 Å². The highest BCUT2D eigenvalue weighted by Crippen LogP contribution is 2.22. The van der Waals surface area contributed by atoms with E-state index in [9.17, 15) is 9.18 Å². The van der Waals surface area contributed by atoms with Gasteiger partial charge < -0.3 is 9.52 Å². The fraction of sp³-hybridized carbons (Fsp3) is 0. The van der Waals surface area contributed by atoms with Crippen molar-refractivity contribution >= 4 is 23.0 Å². The van der Waals surface area contributed by atoms with Crippen molar-refractivity contribution in [3.05, 3.63) is 41.4 Å². The molecule has 0 aliphatic rings. The molecule has 0 radical (unpaired) electrons. The largest absolute Gasteiger partial charge is 0.477 e. The Hall–Kier alpha value is -2.61. The molecule has 0 aliphatic heterocycles. The molecule has 1 aromatic carbocycles. The fourth-order valence-corrected chi connectivity index (χ4v) is 1.39. The van der Waals surface area contributed by atoms with Crippen LogP contribution in [0.3, 0.4) is 0 Å². The molecular formula is C12H6FNO3. The zero-order chi connectivity index (χ0) is 12.4. The van der Waals surface area contributed by atoms with Gasteiger partial charge in [-0.3, -0.25) is 0 Å². The van der Waals surface area contributed by atoms with Gasteiger partial charge in [0.1, 0.15) is 28.8 Å². The number of fused-ring (bicyclic) bond motifs is 1. The number of hydrogen-bond donors (Lipinski definition) is 1. The van der Waals surface area contributed by atoms with Crippen molar-refractivity contribution in [1.29, 1.82) is 5.26 Å². The summed E-state index contributed by atoms with van der Waals surface area (Å²) in [5, 5.41) is 17.7. The van der Waals surface area contributed by atoms with Crippen molar-refractivity contribution in [1.82, 2.24) is 0 Å². The molecule has 0 unspecified atom stereocenters. The Bertz CT molecular complexity index is 664. The first kappa shape index (κ1) is 10.9. The Labute approximate surface area is 95.2 Å². The second-order valence-electron chi connectivity index (χ2n) is 3.31. The van der Waals surface area contributed by atoms with E-state index >= 15 is 0 Å². The highest BCUT2D eigenvalue weighted by atomic mass is 19.1. The maximum Gasteiger partial charge on any atom is 0.346 e. The number of aliphatic carboxylic acids is 1. The van der Waals surface area contributed by atoms with Gasteiger partial charge in [0.25, 0.3) is 0 Å². The van der Waals surface area contributed by atoms with Gasteiger partial charge in [-0.05, 0) is 24.3 Å². The molecule has 4 nitrogen and oxygen atoms in total. The Kier molecular flexibility index (Phi) is 2.63. The minimum Gasteiger partial charge on any atom is -0.477 e. The van der Waals surface area contributed by atoms with Crippen LogP contribution in [-0.2, 0) is 4.79 Å². The predicted octanol–water partition coefficient (Wildman–Crippen LogP) is 2.56. The number of benzene rings is 1. The van der Waals surface area contributed by atoms with E-state index in [-0.39, 0.29) is 5.76 Å². The van der Waals surface area contributed by atoms with Gasteiger partial charge in [-0.1, -0.05) is 0 Å². The van der Waals surface area contributed by atoms with Crippen LogP contribution < -0.4 is 0 Å². The molecule has 1 aromatic heterocycles. The van der Waals surface area contributed by atoms with E-state index < -0.39 is 17.4 Å². The lowest BCUT2D eigenvalue weighted by Gasteiger charge is -1.87. The average Bonchev–Trinajstić information content (AvgIpc) is 2.66. The number of nitrogens with zero attached hydrogens (tertiary/aromatic N) is 1. The first-order valence-electron chi connectivity index (χ1n) is 4.64. The third kappa shape index (κ3) is 2.16. The van der Waals surface area contributed by atoms with E-state index in [0.29, 0.717) is 11.0 Å². The van der Waals surface area contributed by atoms with Crippen molar-refractivity contribution in [2.45, 2.75) is 0 Å². The minimum atomic E-state index is -1.33. The maximum absolute atomic E-state index is 12.9. The Morgan fingerprint density at radius 1 is 1.47 bits per heavy atom. The first-order chi connectivity index (χ1) is 8.10. The first-order valence-corrected chi connectivity index (χ1v) is 4.64. The quantitative estimate of drug-likeness (QED) is 0.636. The van der Waals surface area contributed by atoms with Crippen LogP contribution in [0.2, 0.25) is 0 Å². The zero-order valence-electron chi connectivity index (χ0n) is 8.48. The van der Waals surface area contributed by atoms with Gasteiger partial charge >= 0.3 is 5.97 Å². The third-order valence-electron chi connectivity index (χ3n) is 2.13. The van der Waals surface area contributed by atoms with Crippen LogP contribution >= 0.6 is 0 Å². The molecule has 17 heavy (non-hydrogen) atoms. The number of furan rings is 1. The Morgan fingerprint density at radius 3 is 2.88 bits per heavy atom. The van der Waals surface area contributed by atoms with E-state index in [1.807, 2.05) is 0 Å². The van der Waals surface area contributed by atoms with Crippen LogP contribution in [0.1, 0.15) is 5.76 Å². The number of carboxylic acids is 1. The summed E-state index contributed by atoms with van der Waals surface area (Å²) in [6, 6.07) is 6.95. The minimum absolute atomic E-state index is 0.199. The van der Waals surface area contributed by atoms with E-state index in [4.69, 9.17) is 14.8 Å². The van der Waals surface area contributed by atoms with E-state index in [1.54, 1.807) is 0 Å². The summed E-state index contributed by atoms with van der Waals surface area (Å²) >= 11 is 0. The van der Waals surface area contributed by atoms with Gasteiger partial charge in [-0.25, -0.2) is 9.18 Å². The second-order valence-corrected chi connectivity index (χ2v) is 3.31. The molecule has 1 N–H and O–H groups in total. The molecule has 84 valence electrons. The number of hydrogen-bond acceptors (Lipinski definition) is 3. The SMILES string of the molecule is N#C/C(=C/c1cc2cc(F)ccc2o1)C(=O)O. The summed E-state index contributed by atoms with van der Waals surface area (Å²) in [5.41, 5.74) is -0.00939. The highest BCUT2D eigenvalue weighted by Gasteiger charge is 2.09. The predicted molar refractivity (Wildman–Crippen MR) is 57.4 cm³/mol. The van der Waals surface area contributed by atoms with Crippen molar-refractivity contribution in [2.24, 2.45) is 0 Å². The van der Waals surface area contributed by atoms with Gasteiger partial charge in [0.2, 0.25) is 0 Å². The van der Waals surface area contributed by atoms with E-state index in [2.05, 4.69) is 0 Å². The molecule has 5 heteroatoms. The third-order valence-corrected chi connectivity index (χ3v) is 2.13. The number of rotatable bonds is 2. The number of halogens is 1. The summed E-state index contributed by atoms with van der Waals surface area (Å²) in [6.07, 6.45) is 1.10. The Morgan fingerprint density at radius 2 is 2.24 bits per heavy atom. The van der Waals surface area contributed by atoms with Crippen LogP contribution in [0, 0.1) is 17.1 Å².